The van der Waals surface area contributed by atoms with Gasteiger partial charge >= 0.3 is 5.97 Å². The summed E-state index contributed by atoms with van der Waals surface area (Å²) in [7, 11) is 0. The maximum absolute atomic E-state index is 13.0. The van der Waals surface area contributed by atoms with Gasteiger partial charge in [-0.2, -0.15) is 0 Å². The van der Waals surface area contributed by atoms with Crippen LogP contribution in [0.15, 0.2) is 11.6 Å². The molecule has 0 amide bonds. The van der Waals surface area contributed by atoms with Gasteiger partial charge in [0.15, 0.2) is 0 Å². The maximum atomic E-state index is 13.0. The van der Waals surface area contributed by atoms with Crippen LogP contribution < -0.4 is 0 Å². The van der Waals surface area contributed by atoms with E-state index < -0.39 is 0 Å². The minimum Gasteiger partial charge on any atom is -0.459 e. The molecule has 31 heavy (non-hydrogen) atoms. The van der Waals surface area contributed by atoms with Gasteiger partial charge in [0.25, 0.3) is 0 Å². The summed E-state index contributed by atoms with van der Waals surface area (Å²) in [5.74, 6) is 3.87. The molecule has 0 aliphatic heterocycles. The fourth-order valence-electron chi connectivity index (χ4n) is 6.99. The van der Waals surface area contributed by atoms with Crippen molar-refractivity contribution in [3.8, 4) is 0 Å². The zero-order valence-electron chi connectivity index (χ0n) is 21.6. The summed E-state index contributed by atoms with van der Waals surface area (Å²) in [4.78, 5) is 13.0. The number of hydrogen-bond acceptors (Lipinski definition) is 2. The van der Waals surface area contributed by atoms with Crippen LogP contribution in [0, 0.1) is 40.4 Å². The van der Waals surface area contributed by atoms with Crippen LogP contribution in [-0.2, 0) is 9.53 Å². The fourth-order valence-corrected chi connectivity index (χ4v) is 6.99. The number of hydrogen-bond donors (Lipinski definition) is 0. The van der Waals surface area contributed by atoms with E-state index in [1.807, 2.05) is 0 Å². The van der Waals surface area contributed by atoms with Gasteiger partial charge in [-0.05, 0) is 98.2 Å². The summed E-state index contributed by atoms with van der Waals surface area (Å²) < 4.78 is 6.09. The molecule has 0 heterocycles. The highest BCUT2D eigenvalue weighted by Gasteiger charge is 2.39. The third-order valence-corrected chi connectivity index (χ3v) is 9.07. The van der Waals surface area contributed by atoms with Gasteiger partial charge in [0.1, 0.15) is 6.10 Å². The van der Waals surface area contributed by atoms with Crippen LogP contribution in [0.4, 0.5) is 0 Å². The summed E-state index contributed by atoms with van der Waals surface area (Å²) in [6.45, 7) is 16.7. The minimum absolute atomic E-state index is 0.00223. The van der Waals surface area contributed by atoms with E-state index in [0.29, 0.717) is 22.7 Å². The van der Waals surface area contributed by atoms with Crippen LogP contribution in [0.3, 0.4) is 0 Å². The molecule has 0 aromatic rings. The highest BCUT2D eigenvalue weighted by Crippen LogP contribution is 2.48. The van der Waals surface area contributed by atoms with Crippen LogP contribution in [0.5, 0.6) is 0 Å². The first kappa shape index (κ1) is 24.8. The summed E-state index contributed by atoms with van der Waals surface area (Å²) in [5.41, 5.74) is 1.65. The zero-order chi connectivity index (χ0) is 22.8. The second-order valence-corrected chi connectivity index (χ2v) is 13.2. The topological polar surface area (TPSA) is 26.3 Å². The zero-order valence-corrected chi connectivity index (χ0v) is 21.6. The molecular formula is C29H50O2. The van der Waals surface area contributed by atoms with Crippen molar-refractivity contribution in [3.05, 3.63) is 11.6 Å². The van der Waals surface area contributed by atoms with Crippen LogP contribution >= 0.6 is 0 Å². The Morgan fingerprint density at radius 2 is 1.68 bits per heavy atom. The van der Waals surface area contributed by atoms with Crippen LogP contribution in [-0.4, -0.2) is 12.1 Å². The molecule has 2 nitrogen and oxygen atoms in total. The first-order valence-corrected chi connectivity index (χ1v) is 13.4. The number of esters is 1. The molecule has 2 heteroatoms. The Balaban J connectivity index is 1.57. The van der Waals surface area contributed by atoms with E-state index >= 15 is 0 Å². The number of ether oxygens (including phenoxy) is 1. The Kier molecular flexibility index (Phi) is 8.02. The number of fused-ring (bicyclic) bond motifs is 2. The van der Waals surface area contributed by atoms with E-state index in [1.54, 1.807) is 0 Å². The van der Waals surface area contributed by atoms with Crippen molar-refractivity contribution in [1.29, 1.82) is 0 Å². The smallest absolute Gasteiger partial charge is 0.333 e. The molecule has 0 spiro atoms. The van der Waals surface area contributed by atoms with Crippen LogP contribution in [0.25, 0.3) is 0 Å². The predicted octanol–water partition coefficient (Wildman–Crippen LogP) is 8.35. The third-order valence-electron chi connectivity index (χ3n) is 9.07. The summed E-state index contributed by atoms with van der Waals surface area (Å²) in [6.07, 6.45) is 15.6. The first-order chi connectivity index (χ1) is 14.5. The molecule has 2 bridgehead atoms. The lowest BCUT2D eigenvalue weighted by Gasteiger charge is -2.44. The lowest BCUT2D eigenvalue weighted by molar-refractivity contribution is -0.149. The van der Waals surface area contributed by atoms with Crippen molar-refractivity contribution < 1.29 is 9.53 Å². The van der Waals surface area contributed by atoms with Gasteiger partial charge in [-0.25, -0.2) is 4.79 Å². The molecule has 0 saturated heterocycles. The van der Waals surface area contributed by atoms with Gasteiger partial charge in [-0.3, -0.25) is 0 Å². The summed E-state index contributed by atoms with van der Waals surface area (Å²) >= 11 is 0. The molecule has 4 atom stereocenters. The number of carbonyl (C=O) groups is 1. The Hall–Kier alpha value is -0.790. The third kappa shape index (κ3) is 6.61. The van der Waals surface area contributed by atoms with Crippen LogP contribution in [0.1, 0.15) is 119 Å². The second kappa shape index (κ2) is 10.0. The lowest BCUT2D eigenvalue weighted by atomic mass is 9.62. The highest BCUT2D eigenvalue weighted by atomic mass is 16.5. The van der Waals surface area contributed by atoms with Gasteiger partial charge in [0.2, 0.25) is 0 Å². The van der Waals surface area contributed by atoms with Crippen molar-refractivity contribution >= 4 is 5.97 Å². The van der Waals surface area contributed by atoms with Crippen molar-refractivity contribution in [2.45, 2.75) is 125 Å². The molecular weight excluding hydrogens is 380 g/mol. The molecule has 0 aromatic heterocycles. The number of rotatable bonds is 7. The molecule has 4 unspecified atom stereocenters. The number of carbonyl (C=O) groups excluding carboxylic acids is 1. The molecule has 3 aliphatic rings. The largest absolute Gasteiger partial charge is 0.459 e. The first-order valence-electron chi connectivity index (χ1n) is 13.4. The normalized spacial score (nSPS) is 32.9. The van der Waals surface area contributed by atoms with Gasteiger partial charge in [0, 0.05) is 5.57 Å². The molecule has 0 radical (unpaired) electrons. The van der Waals surface area contributed by atoms with Gasteiger partial charge in [0.05, 0.1) is 0 Å². The van der Waals surface area contributed by atoms with Crippen molar-refractivity contribution in [1.82, 2.24) is 0 Å². The van der Waals surface area contributed by atoms with E-state index in [1.165, 1.54) is 38.5 Å². The average Bonchev–Trinajstić information content (AvgIpc) is 2.70. The van der Waals surface area contributed by atoms with Crippen LogP contribution in [0.2, 0.25) is 0 Å². The molecule has 0 aromatic carbocycles. The van der Waals surface area contributed by atoms with Gasteiger partial charge in [-0.1, -0.05) is 67.4 Å². The van der Waals surface area contributed by atoms with E-state index in [9.17, 15) is 4.79 Å². The molecule has 3 rings (SSSR count). The lowest BCUT2D eigenvalue weighted by Crippen LogP contribution is -2.36. The van der Waals surface area contributed by atoms with E-state index in [4.69, 9.17) is 4.74 Å². The summed E-state index contributed by atoms with van der Waals surface area (Å²) in [6, 6.07) is 0. The Morgan fingerprint density at radius 3 is 2.16 bits per heavy atom. The standard InChI is InChI=1S/C29H50O2/c1-8-20-14-21-16-22(15-20)18-25(17-21)31-27(30)24-12-10-23(11-13-24)26(19-28(3,4)5)29(6,7)9-2/h12,20-23,25-26H,8-11,13-19H2,1-7H3. The Bertz CT molecular complexity index is 624. The quantitative estimate of drug-likeness (QED) is 0.379. The fraction of sp³-hybridized carbons (Fsp3) is 0.897. The monoisotopic (exact) mass is 430 g/mol. The molecule has 2 fully saturated rings. The van der Waals surface area contributed by atoms with Crippen molar-refractivity contribution in [3.63, 3.8) is 0 Å². The Morgan fingerprint density at radius 1 is 1.03 bits per heavy atom. The van der Waals surface area contributed by atoms with Crippen molar-refractivity contribution in [2.24, 2.45) is 40.4 Å². The highest BCUT2D eigenvalue weighted by molar-refractivity contribution is 5.88. The molecule has 3 aliphatic carbocycles. The van der Waals surface area contributed by atoms with E-state index in [-0.39, 0.29) is 12.1 Å². The van der Waals surface area contributed by atoms with Crippen molar-refractivity contribution in [2.75, 3.05) is 0 Å². The molecule has 178 valence electrons. The number of allylic oxidation sites excluding steroid dienone is 1. The predicted molar refractivity (Wildman–Crippen MR) is 131 cm³/mol. The van der Waals surface area contributed by atoms with Gasteiger partial charge in [-0.15, -0.1) is 0 Å². The van der Waals surface area contributed by atoms with Gasteiger partial charge < -0.3 is 4.74 Å². The second-order valence-electron chi connectivity index (χ2n) is 13.2. The molecule has 0 N–H and O–H groups in total. The average molecular weight is 431 g/mol. The Labute approximate surface area is 193 Å². The SMILES string of the molecule is CCC1CC2CC(C1)CC(OC(=O)C1=CCC(C(CC(C)(C)C)C(C)(C)CC)CC1)C2. The summed E-state index contributed by atoms with van der Waals surface area (Å²) in [5, 5.41) is 0. The molecule has 2 saturated carbocycles. The van der Waals surface area contributed by atoms with E-state index in [2.05, 4.69) is 54.5 Å². The van der Waals surface area contributed by atoms with E-state index in [0.717, 1.165) is 55.4 Å². The minimum atomic E-state index is -0.00223. The maximum Gasteiger partial charge on any atom is 0.333 e.